The van der Waals surface area contributed by atoms with Gasteiger partial charge in [0.05, 0.1) is 0 Å². The van der Waals surface area contributed by atoms with Crippen LogP contribution < -0.4 is 0 Å². The summed E-state index contributed by atoms with van der Waals surface area (Å²) in [6, 6.07) is 0. The van der Waals surface area contributed by atoms with Gasteiger partial charge in [0.2, 0.25) is 0 Å². The number of unbranched alkanes of at least 4 members (excludes halogenated alkanes) is 29. The Morgan fingerprint density at radius 3 is 0.759 bits per heavy atom. The Kier molecular flexibility index (Phi) is 66.3. The van der Waals surface area contributed by atoms with E-state index in [1.54, 1.807) is 0 Å². The summed E-state index contributed by atoms with van der Waals surface area (Å²) in [5.74, 6) is -0.896. The van der Waals surface area contributed by atoms with Gasteiger partial charge in [-0.05, 0) is 122 Å². The summed E-state index contributed by atoms with van der Waals surface area (Å²) in [4.78, 5) is 38.4. The maximum Gasteiger partial charge on any atom is 0.306 e. The van der Waals surface area contributed by atoms with E-state index in [0.29, 0.717) is 19.3 Å². The summed E-state index contributed by atoms with van der Waals surface area (Å²) >= 11 is 0. The number of carbonyl (C=O) groups excluding carboxylic acids is 3. The average Bonchev–Trinajstić information content (AvgIpc) is 3.49. The fourth-order valence-corrected chi connectivity index (χ4v) is 9.47. The SMILES string of the molecule is CC/C=C\C/C=C\C/C=C\C/C=C\C/C=C\C/C=C\C/C=C\C/C=C\C/C=C\CCCCCCCCCC(=O)OCC(COC(=O)CCCCCCCCCCCCCCC)OC(=O)CCCCCCCCC/C=C\C/C=C\CCCCC. The number of ether oxygens (including phenoxy) is 3. The van der Waals surface area contributed by atoms with Gasteiger partial charge in [0, 0.05) is 19.3 Å². The monoisotopic (exact) mass is 1150 g/mol. The predicted octanol–water partition coefficient (Wildman–Crippen LogP) is 24.1. The van der Waals surface area contributed by atoms with Gasteiger partial charge in [-0.15, -0.1) is 0 Å². The summed E-state index contributed by atoms with van der Waals surface area (Å²) in [5, 5.41) is 0. The van der Waals surface area contributed by atoms with Crippen LogP contribution in [0.1, 0.15) is 316 Å². The third-order valence-corrected chi connectivity index (χ3v) is 14.6. The van der Waals surface area contributed by atoms with Gasteiger partial charge in [-0.2, -0.15) is 0 Å². The molecule has 0 aliphatic rings. The summed E-state index contributed by atoms with van der Waals surface area (Å²) in [6.45, 7) is 6.50. The van der Waals surface area contributed by atoms with E-state index >= 15 is 0 Å². The number of carbonyl (C=O) groups is 3. The van der Waals surface area contributed by atoms with E-state index in [2.05, 4.69) is 154 Å². The molecule has 0 fully saturated rings. The van der Waals surface area contributed by atoms with Crippen molar-refractivity contribution in [2.24, 2.45) is 0 Å². The highest BCUT2D eigenvalue weighted by atomic mass is 16.6. The van der Waals surface area contributed by atoms with Crippen LogP contribution in [-0.2, 0) is 28.6 Å². The van der Waals surface area contributed by atoms with Crippen molar-refractivity contribution in [1.82, 2.24) is 0 Å². The van der Waals surface area contributed by atoms with Crippen molar-refractivity contribution in [2.75, 3.05) is 13.2 Å². The first kappa shape index (κ1) is 78.5. The zero-order chi connectivity index (χ0) is 59.9. The Labute approximate surface area is 513 Å². The van der Waals surface area contributed by atoms with Crippen molar-refractivity contribution in [3.63, 3.8) is 0 Å². The molecule has 0 N–H and O–H groups in total. The van der Waals surface area contributed by atoms with Crippen molar-refractivity contribution in [2.45, 2.75) is 322 Å². The molecule has 0 heterocycles. The second kappa shape index (κ2) is 70.0. The molecule has 0 aromatic rings. The van der Waals surface area contributed by atoms with Crippen LogP contribution in [0.2, 0.25) is 0 Å². The number of hydrogen-bond donors (Lipinski definition) is 0. The first-order valence-electron chi connectivity index (χ1n) is 34.7. The summed E-state index contributed by atoms with van der Waals surface area (Å²) in [7, 11) is 0. The molecule has 0 saturated carbocycles. The number of rotatable bonds is 62. The quantitative estimate of drug-likeness (QED) is 0.0261. The maximum absolute atomic E-state index is 12.9. The van der Waals surface area contributed by atoms with E-state index in [-0.39, 0.29) is 31.1 Å². The molecule has 6 heteroatoms. The van der Waals surface area contributed by atoms with Gasteiger partial charge >= 0.3 is 17.9 Å². The Hall–Kier alpha value is -4.45. The Morgan fingerprint density at radius 2 is 0.470 bits per heavy atom. The molecule has 1 atom stereocenters. The van der Waals surface area contributed by atoms with Crippen molar-refractivity contribution >= 4 is 17.9 Å². The number of allylic oxidation sites excluding steroid dienone is 22. The minimum atomic E-state index is -0.790. The molecule has 0 radical (unpaired) electrons. The lowest BCUT2D eigenvalue weighted by atomic mass is 10.0. The minimum Gasteiger partial charge on any atom is -0.462 e. The Morgan fingerprint density at radius 1 is 0.253 bits per heavy atom. The van der Waals surface area contributed by atoms with Gasteiger partial charge in [-0.1, -0.05) is 309 Å². The summed E-state index contributed by atoms with van der Waals surface area (Å²) < 4.78 is 16.9. The van der Waals surface area contributed by atoms with E-state index in [0.717, 1.165) is 135 Å². The molecule has 0 aromatic heterocycles. The third kappa shape index (κ3) is 68.2. The standard InChI is InChI=1S/C77H128O6/c1-4-7-10-13-16-19-22-25-27-29-30-31-32-33-34-35-36-37-38-39-40-41-42-43-44-45-46-48-49-52-55-58-61-64-67-70-76(79)82-73-74(72-81-75(78)69-66-63-60-57-54-51-24-21-18-15-12-9-6-3)83-77(80)71-68-65-62-59-56-53-50-47-28-26-23-20-17-14-11-8-5-2/h7,10,16-17,19-20,25-28,30-31,33-34,36-37,39-40,42-43,45-46,74H,4-6,8-9,11-15,18,21-24,29,32,35,38,41,44,47-73H2,1-3H3/b10-7-,19-16-,20-17-,27-25-,28-26-,31-30-,34-33-,37-36-,40-39-,43-42-,46-45-. The van der Waals surface area contributed by atoms with Gasteiger partial charge in [0.25, 0.3) is 0 Å². The van der Waals surface area contributed by atoms with Gasteiger partial charge in [-0.3, -0.25) is 14.4 Å². The Bertz CT molecular complexity index is 1750. The normalized spacial score (nSPS) is 13.0. The van der Waals surface area contributed by atoms with Crippen LogP contribution in [0.4, 0.5) is 0 Å². The van der Waals surface area contributed by atoms with Crippen LogP contribution in [0, 0.1) is 0 Å². The first-order valence-corrected chi connectivity index (χ1v) is 34.7. The fourth-order valence-electron chi connectivity index (χ4n) is 9.47. The molecule has 472 valence electrons. The van der Waals surface area contributed by atoms with Crippen LogP contribution in [0.3, 0.4) is 0 Å². The van der Waals surface area contributed by atoms with E-state index < -0.39 is 6.10 Å². The molecule has 0 saturated heterocycles. The highest BCUT2D eigenvalue weighted by Crippen LogP contribution is 2.16. The van der Waals surface area contributed by atoms with E-state index in [9.17, 15) is 14.4 Å². The largest absolute Gasteiger partial charge is 0.462 e. The van der Waals surface area contributed by atoms with Crippen LogP contribution in [0.15, 0.2) is 134 Å². The number of esters is 3. The van der Waals surface area contributed by atoms with Gasteiger partial charge < -0.3 is 14.2 Å². The lowest BCUT2D eigenvalue weighted by Gasteiger charge is -2.18. The highest BCUT2D eigenvalue weighted by Gasteiger charge is 2.19. The second-order valence-corrected chi connectivity index (χ2v) is 22.7. The third-order valence-electron chi connectivity index (χ3n) is 14.6. The fraction of sp³-hybridized carbons (Fsp3) is 0.675. The average molecular weight is 1150 g/mol. The zero-order valence-corrected chi connectivity index (χ0v) is 54.2. The van der Waals surface area contributed by atoms with Crippen LogP contribution in [0.5, 0.6) is 0 Å². The molecule has 0 rings (SSSR count). The smallest absolute Gasteiger partial charge is 0.306 e. The molecule has 0 bridgehead atoms. The van der Waals surface area contributed by atoms with Crippen LogP contribution in [0.25, 0.3) is 0 Å². The molecule has 0 aliphatic heterocycles. The molecule has 0 spiro atoms. The zero-order valence-electron chi connectivity index (χ0n) is 54.2. The molecule has 0 aromatic carbocycles. The minimum absolute atomic E-state index is 0.0841. The molecule has 0 aliphatic carbocycles. The topological polar surface area (TPSA) is 78.9 Å². The predicted molar refractivity (Wildman–Crippen MR) is 362 cm³/mol. The molecule has 0 amide bonds. The van der Waals surface area contributed by atoms with Gasteiger partial charge in [0.1, 0.15) is 13.2 Å². The van der Waals surface area contributed by atoms with Crippen LogP contribution >= 0.6 is 0 Å². The van der Waals surface area contributed by atoms with Crippen molar-refractivity contribution < 1.29 is 28.6 Å². The van der Waals surface area contributed by atoms with Crippen molar-refractivity contribution in [1.29, 1.82) is 0 Å². The first-order chi connectivity index (χ1) is 41.0. The van der Waals surface area contributed by atoms with E-state index in [4.69, 9.17) is 14.2 Å². The highest BCUT2D eigenvalue weighted by molar-refractivity contribution is 5.71. The lowest BCUT2D eigenvalue weighted by Crippen LogP contribution is -2.30. The second-order valence-electron chi connectivity index (χ2n) is 22.7. The molecular formula is C77H128O6. The number of hydrogen-bond acceptors (Lipinski definition) is 6. The van der Waals surface area contributed by atoms with E-state index in [1.807, 2.05) is 0 Å². The Balaban J connectivity index is 4.28. The van der Waals surface area contributed by atoms with Gasteiger partial charge in [0.15, 0.2) is 6.10 Å². The molecular weight excluding hydrogens is 1020 g/mol. The molecule has 1 unspecified atom stereocenters. The van der Waals surface area contributed by atoms with Crippen LogP contribution in [-0.4, -0.2) is 37.2 Å². The molecule has 6 nitrogen and oxygen atoms in total. The molecule has 83 heavy (non-hydrogen) atoms. The van der Waals surface area contributed by atoms with Crippen molar-refractivity contribution in [3.8, 4) is 0 Å². The van der Waals surface area contributed by atoms with Crippen molar-refractivity contribution in [3.05, 3.63) is 134 Å². The summed E-state index contributed by atoms with van der Waals surface area (Å²) in [6.07, 6.45) is 98.9. The lowest BCUT2D eigenvalue weighted by molar-refractivity contribution is -0.167. The maximum atomic E-state index is 12.9. The van der Waals surface area contributed by atoms with E-state index in [1.165, 1.54) is 141 Å². The van der Waals surface area contributed by atoms with Gasteiger partial charge in [-0.25, -0.2) is 0 Å². The summed E-state index contributed by atoms with van der Waals surface area (Å²) in [5.41, 5.74) is 0.